The van der Waals surface area contributed by atoms with Gasteiger partial charge < -0.3 is 17.7 Å². The largest absolute Gasteiger partial charge is 0.509 e. The van der Waals surface area contributed by atoms with Crippen LogP contribution >= 0.6 is 0 Å². The minimum atomic E-state index is -4.93. The molecule has 110 valence electrons. The molecule has 0 aromatic heterocycles. The van der Waals surface area contributed by atoms with Crippen molar-refractivity contribution in [2.75, 3.05) is 6.61 Å². The van der Waals surface area contributed by atoms with Gasteiger partial charge in [-0.1, -0.05) is 18.1 Å². The van der Waals surface area contributed by atoms with E-state index in [4.69, 9.17) is 4.74 Å². The van der Waals surface area contributed by atoms with Crippen LogP contribution in [-0.2, 0) is 0 Å². The van der Waals surface area contributed by atoms with Crippen molar-refractivity contribution in [2.45, 2.75) is 32.6 Å². The van der Waals surface area contributed by atoms with Gasteiger partial charge in [0.1, 0.15) is 5.75 Å². The van der Waals surface area contributed by atoms with E-state index in [1.807, 2.05) is 0 Å². The zero-order valence-electron chi connectivity index (χ0n) is 11.6. The lowest BCUT2D eigenvalue weighted by molar-refractivity contribution is 0.195. The molecule has 3 rings (SSSR count). The SMILES string of the molecule is Cc1cc(OCC2CC3CCC2C3)ccc1[B-](F)(F)F. The van der Waals surface area contributed by atoms with Crippen LogP contribution in [0.4, 0.5) is 12.9 Å². The summed E-state index contributed by atoms with van der Waals surface area (Å²) in [5, 5.41) is 0. The number of benzene rings is 1. The smallest absolute Gasteiger partial charge is 0.493 e. The van der Waals surface area contributed by atoms with Gasteiger partial charge in [-0.2, -0.15) is 0 Å². The molecule has 0 heterocycles. The Morgan fingerprint density at radius 2 is 2.00 bits per heavy atom. The van der Waals surface area contributed by atoms with Gasteiger partial charge in [0, 0.05) is 0 Å². The first-order valence-electron chi connectivity index (χ1n) is 7.37. The molecular formula is C15H19BF3O-. The van der Waals surface area contributed by atoms with Gasteiger partial charge in [-0.25, -0.2) is 0 Å². The molecule has 0 spiro atoms. The molecular weight excluding hydrogens is 264 g/mol. The standard InChI is InChI=1S/C15H19BF3O/c1-10-6-14(4-5-15(10)16(17,18)19)20-9-13-8-11-2-3-12(13)7-11/h4-6,11-13H,2-3,7-9H2,1H3/q-1. The quantitative estimate of drug-likeness (QED) is 0.762. The lowest BCUT2D eigenvalue weighted by Gasteiger charge is -2.23. The summed E-state index contributed by atoms with van der Waals surface area (Å²) in [6, 6.07) is 4.11. The van der Waals surface area contributed by atoms with E-state index in [1.54, 1.807) is 0 Å². The summed E-state index contributed by atoms with van der Waals surface area (Å²) >= 11 is 0. The maximum atomic E-state index is 12.7. The molecule has 1 aromatic carbocycles. The first-order valence-corrected chi connectivity index (χ1v) is 7.37. The molecule has 1 aromatic rings. The molecule has 0 aliphatic heterocycles. The van der Waals surface area contributed by atoms with Gasteiger partial charge in [0.05, 0.1) is 6.61 Å². The topological polar surface area (TPSA) is 9.23 Å². The van der Waals surface area contributed by atoms with Crippen LogP contribution in [0.1, 0.15) is 31.2 Å². The summed E-state index contributed by atoms with van der Waals surface area (Å²) in [6.45, 7) is -2.78. The first-order chi connectivity index (χ1) is 9.43. The van der Waals surface area contributed by atoms with Crippen LogP contribution in [-0.4, -0.2) is 13.6 Å². The predicted molar refractivity (Wildman–Crippen MR) is 74.3 cm³/mol. The van der Waals surface area contributed by atoms with Gasteiger partial charge in [0.2, 0.25) is 0 Å². The minimum absolute atomic E-state index is 0.253. The van der Waals surface area contributed by atoms with Crippen molar-refractivity contribution in [3.05, 3.63) is 23.8 Å². The molecule has 2 fully saturated rings. The van der Waals surface area contributed by atoms with Gasteiger partial charge in [0.25, 0.3) is 0 Å². The predicted octanol–water partition coefficient (Wildman–Crippen LogP) is 3.86. The van der Waals surface area contributed by atoms with Crippen molar-refractivity contribution >= 4 is 12.4 Å². The normalized spacial score (nSPS) is 28.9. The number of rotatable bonds is 4. The zero-order chi connectivity index (χ0) is 14.3. The molecule has 0 radical (unpaired) electrons. The average Bonchev–Trinajstić information content (AvgIpc) is 2.96. The summed E-state index contributed by atoms with van der Waals surface area (Å²) in [7, 11) is 0. The lowest BCUT2D eigenvalue weighted by Crippen LogP contribution is -2.36. The third kappa shape index (κ3) is 2.67. The van der Waals surface area contributed by atoms with Gasteiger partial charge in [0.15, 0.2) is 0 Å². The Bertz CT molecular complexity index is 500. The third-order valence-corrected chi connectivity index (χ3v) is 4.94. The highest BCUT2D eigenvalue weighted by molar-refractivity contribution is 6.74. The molecule has 0 saturated heterocycles. The fourth-order valence-electron chi connectivity index (χ4n) is 3.89. The number of halogens is 3. The Morgan fingerprint density at radius 3 is 2.55 bits per heavy atom. The molecule has 2 bridgehead atoms. The molecule has 2 aliphatic carbocycles. The van der Waals surface area contributed by atoms with E-state index in [0.29, 0.717) is 18.3 Å². The fourth-order valence-corrected chi connectivity index (χ4v) is 3.89. The first kappa shape index (κ1) is 13.8. The Balaban J connectivity index is 1.62. The fraction of sp³-hybridized carbons (Fsp3) is 0.600. The summed E-state index contributed by atoms with van der Waals surface area (Å²) in [5.41, 5.74) is -0.264. The second-order valence-electron chi connectivity index (χ2n) is 6.34. The number of fused-ring (bicyclic) bond motifs is 2. The summed E-state index contributed by atoms with van der Waals surface area (Å²) in [4.78, 5) is 0. The Labute approximate surface area is 117 Å². The van der Waals surface area contributed by atoms with E-state index in [9.17, 15) is 12.9 Å². The Morgan fingerprint density at radius 1 is 1.20 bits per heavy atom. The van der Waals surface area contributed by atoms with Crippen LogP contribution in [0.3, 0.4) is 0 Å². The maximum absolute atomic E-state index is 12.7. The lowest BCUT2D eigenvalue weighted by atomic mass is 9.77. The summed E-state index contributed by atoms with van der Waals surface area (Å²) in [6.07, 6.45) is 5.20. The molecule has 0 amide bonds. The van der Waals surface area contributed by atoms with E-state index < -0.39 is 12.4 Å². The van der Waals surface area contributed by atoms with Crippen LogP contribution in [0.5, 0.6) is 5.75 Å². The van der Waals surface area contributed by atoms with Crippen LogP contribution < -0.4 is 10.2 Å². The molecule has 1 nitrogen and oxygen atoms in total. The van der Waals surface area contributed by atoms with Crippen LogP contribution in [0.25, 0.3) is 0 Å². The molecule has 2 aliphatic rings. The highest BCUT2D eigenvalue weighted by Crippen LogP contribution is 2.48. The molecule has 3 unspecified atom stereocenters. The van der Waals surface area contributed by atoms with Crippen molar-refractivity contribution in [2.24, 2.45) is 17.8 Å². The van der Waals surface area contributed by atoms with E-state index in [2.05, 4.69) is 0 Å². The van der Waals surface area contributed by atoms with Gasteiger partial charge in [-0.05, 0) is 56.1 Å². The van der Waals surface area contributed by atoms with Gasteiger partial charge in [-0.3, -0.25) is 0 Å². The second kappa shape index (κ2) is 5.01. The highest BCUT2D eigenvalue weighted by atomic mass is 19.4. The molecule has 0 N–H and O–H groups in total. The number of ether oxygens (including phenoxy) is 1. The van der Waals surface area contributed by atoms with Crippen molar-refractivity contribution < 1.29 is 17.7 Å². The van der Waals surface area contributed by atoms with Crippen molar-refractivity contribution in [3.63, 3.8) is 0 Å². The molecule has 5 heteroatoms. The Hall–Kier alpha value is -1.13. The van der Waals surface area contributed by atoms with Crippen molar-refractivity contribution in [1.82, 2.24) is 0 Å². The average molecular weight is 283 g/mol. The van der Waals surface area contributed by atoms with E-state index in [1.165, 1.54) is 44.7 Å². The minimum Gasteiger partial charge on any atom is -0.493 e. The van der Waals surface area contributed by atoms with Crippen molar-refractivity contribution in [3.8, 4) is 5.75 Å². The molecule has 20 heavy (non-hydrogen) atoms. The highest BCUT2D eigenvalue weighted by Gasteiger charge is 2.39. The van der Waals surface area contributed by atoms with E-state index in [0.717, 1.165) is 17.9 Å². The van der Waals surface area contributed by atoms with Crippen molar-refractivity contribution in [1.29, 1.82) is 0 Å². The van der Waals surface area contributed by atoms with Crippen LogP contribution in [0.15, 0.2) is 18.2 Å². The van der Waals surface area contributed by atoms with E-state index in [-0.39, 0.29) is 5.56 Å². The van der Waals surface area contributed by atoms with Crippen LogP contribution in [0, 0.1) is 24.7 Å². The van der Waals surface area contributed by atoms with Gasteiger partial charge >= 0.3 is 6.98 Å². The number of hydrogen-bond donors (Lipinski definition) is 0. The number of aryl methyl sites for hydroxylation is 1. The second-order valence-corrected chi connectivity index (χ2v) is 6.34. The monoisotopic (exact) mass is 283 g/mol. The Kier molecular flexibility index (Phi) is 3.47. The zero-order valence-corrected chi connectivity index (χ0v) is 11.6. The third-order valence-electron chi connectivity index (χ3n) is 4.94. The summed E-state index contributed by atoms with van der Waals surface area (Å²) in [5.74, 6) is 2.80. The molecule has 2 saturated carbocycles. The van der Waals surface area contributed by atoms with E-state index >= 15 is 0 Å². The number of hydrogen-bond acceptors (Lipinski definition) is 1. The van der Waals surface area contributed by atoms with Crippen LogP contribution in [0.2, 0.25) is 0 Å². The van der Waals surface area contributed by atoms with Gasteiger partial charge in [-0.15, -0.1) is 5.46 Å². The summed E-state index contributed by atoms with van der Waals surface area (Å²) < 4.78 is 43.9. The maximum Gasteiger partial charge on any atom is 0.509 e. The molecule has 3 atom stereocenters.